The molecule has 0 saturated heterocycles. The van der Waals surface area contributed by atoms with Crippen LogP contribution in [-0.4, -0.2) is 56.5 Å². The van der Waals surface area contributed by atoms with Gasteiger partial charge in [-0.3, -0.25) is 0 Å². The molecule has 0 fully saturated rings. The summed E-state index contributed by atoms with van der Waals surface area (Å²) in [5.74, 6) is 0. The lowest BCUT2D eigenvalue weighted by molar-refractivity contribution is 0.870. The lowest BCUT2D eigenvalue weighted by atomic mass is 10.0. The molecule has 0 aromatic heterocycles. The fourth-order valence-electron chi connectivity index (χ4n) is 12.3. The van der Waals surface area contributed by atoms with Gasteiger partial charge in [0.05, 0.1) is 48.4 Å². The van der Waals surface area contributed by atoms with E-state index in [4.69, 9.17) is 0 Å². The maximum absolute atomic E-state index is 3.25. The van der Waals surface area contributed by atoms with Crippen molar-refractivity contribution >= 4 is 103 Å². The van der Waals surface area contributed by atoms with Crippen molar-refractivity contribution in [2.75, 3.05) is 0 Å². The Balaban J connectivity index is 2.91. The molecule has 1 aliphatic carbocycles. The molecule has 3 aromatic carbocycles. The van der Waals surface area contributed by atoms with E-state index < -0.39 is 56.5 Å². The molecule has 0 nitrogen and oxygen atoms in total. The highest BCUT2D eigenvalue weighted by Crippen LogP contribution is 2.53. The Morgan fingerprint density at radius 2 is 0.586 bits per heavy atom. The zero-order chi connectivity index (χ0) is 45.2. The van der Waals surface area contributed by atoms with E-state index in [0.29, 0.717) is 0 Å². The number of benzene rings is 3. The molecule has 0 aliphatic heterocycles. The van der Waals surface area contributed by atoms with E-state index in [1.54, 1.807) is 70.1 Å². The van der Waals surface area contributed by atoms with E-state index in [1.807, 2.05) is 15.6 Å². The number of aryl methyl sites for hydroxylation is 3. The van der Waals surface area contributed by atoms with Gasteiger partial charge in [0.1, 0.15) is 0 Å². The molecule has 7 heteroatoms. The Morgan fingerprint density at radius 1 is 0.345 bits per heavy atom. The van der Waals surface area contributed by atoms with Crippen molar-refractivity contribution in [3.8, 4) is 0 Å². The molecule has 3 aromatic rings. The van der Waals surface area contributed by atoms with Gasteiger partial charge in [-0.05, 0) is 83.4 Å². The van der Waals surface area contributed by atoms with Crippen LogP contribution < -0.4 is 46.7 Å². The molecule has 0 N–H and O–H groups in total. The Kier molecular flexibility index (Phi) is 12.9. The summed E-state index contributed by atoms with van der Waals surface area (Å²) in [7, 11) is -14.6. The summed E-state index contributed by atoms with van der Waals surface area (Å²) >= 11 is 0. The van der Waals surface area contributed by atoms with Gasteiger partial charge < -0.3 is 0 Å². The summed E-state index contributed by atoms with van der Waals surface area (Å²) < 4.78 is 0. The van der Waals surface area contributed by atoms with Gasteiger partial charge in [-0.25, -0.2) is 0 Å². The van der Waals surface area contributed by atoms with Crippen LogP contribution in [0.2, 0.25) is 123 Å². The minimum atomic E-state index is -3.25. The quantitative estimate of drug-likeness (QED) is 0.141. The zero-order valence-corrected chi connectivity index (χ0v) is 50.3. The van der Waals surface area contributed by atoms with E-state index in [0.717, 1.165) is 0 Å². The molecule has 1 aliphatic rings. The van der Waals surface area contributed by atoms with Gasteiger partial charge in [0.25, 0.3) is 0 Å². The van der Waals surface area contributed by atoms with Crippen molar-refractivity contribution in [2.24, 2.45) is 0 Å². The topological polar surface area (TPSA) is 0 Å². The average molecular weight is 898 g/mol. The maximum atomic E-state index is 2.88. The van der Waals surface area contributed by atoms with E-state index in [2.05, 4.69) is 211 Å². The first-order valence-corrected chi connectivity index (χ1v) is 45.6. The molecule has 0 heterocycles. The summed E-state index contributed by atoms with van der Waals surface area (Å²) in [6.45, 7) is 73.6. The molecule has 0 radical (unpaired) electrons. The minimum Gasteiger partial charge on any atom is -0.0730 e. The molecule has 0 spiro atoms. The minimum absolute atomic E-state index is 0.182. The Bertz CT molecular complexity index is 2010. The third-order valence-corrected chi connectivity index (χ3v) is 34.2. The molecule has 1 atom stereocenters. The van der Waals surface area contributed by atoms with Gasteiger partial charge in [-0.2, -0.15) is 0 Å². The lowest BCUT2D eigenvalue weighted by Gasteiger charge is -2.55. The zero-order valence-electron chi connectivity index (χ0n) is 43.3. The Hall–Kier alpha value is -1.34. The number of hydrogen-bond acceptors (Lipinski definition) is 0. The van der Waals surface area contributed by atoms with Crippen molar-refractivity contribution in [2.45, 2.75) is 192 Å². The maximum Gasteiger partial charge on any atom is 0.162 e. The van der Waals surface area contributed by atoms with Gasteiger partial charge in [-0.15, -0.1) is 0 Å². The van der Waals surface area contributed by atoms with Crippen LogP contribution >= 0.6 is 0 Å². The van der Waals surface area contributed by atoms with Crippen LogP contribution in [0.25, 0.3) is 0 Å². The summed E-state index contributed by atoms with van der Waals surface area (Å²) in [5, 5.41) is 15.7. The van der Waals surface area contributed by atoms with Crippen molar-refractivity contribution < 1.29 is 0 Å². The number of allylic oxidation sites excluding steroid dienone is 4. The van der Waals surface area contributed by atoms with Gasteiger partial charge in [0, 0.05) is 5.04 Å². The highest BCUT2D eigenvalue weighted by Gasteiger charge is 2.62. The van der Waals surface area contributed by atoms with Crippen LogP contribution in [0.15, 0.2) is 41.0 Å². The third kappa shape index (κ3) is 7.95. The summed E-state index contributed by atoms with van der Waals surface area (Å²) in [6, 6.07) is 8.15. The van der Waals surface area contributed by atoms with Gasteiger partial charge in [0.2, 0.25) is 0 Å². The van der Waals surface area contributed by atoms with Gasteiger partial charge in [-0.1, -0.05) is 225 Å². The predicted molar refractivity (Wildman–Crippen MR) is 291 cm³/mol. The fourth-order valence-corrected chi connectivity index (χ4v) is 37.3. The summed E-state index contributed by atoms with van der Waals surface area (Å²) in [4.78, 5) is 0. The predicted octanol–water partition coefficient (Wildman–Crippen LogP) is 10.3. The first-order valence-electron chi connectivity index (χ1n) is 22.6. The second-order valence-electron chi connectivity index (χ2n) is 25.4. The van der Waals surface area contributed by atoms with Gasteiger partial charge in [0.15, 0.2) is 8.07 Å². The van der Waals surface area contributed by atoms with Crippen LogP contribution in [0.1, 0.15) is 61.1 Å². The van der Waals surface area contributed by atoms with E-state index in [-0.39, 0.29) is 5.04 Å². The van der Waals surface area contributed by atoms with Crippen molar-refractivity contribution in [3.63, 3.8) is 0 Å². The van der Waals surface area contributed by atoms with Crippen LogP contribution in [0, 0.1) is 41.5 Å². The standard InChI is InChI=1S/C51H88Si7/c1-33-29-42(52(11,12)13)38(6)48(45(33)55(20,21)22)58(51(10)32-36(4)37(5)41(51)9,49-39(7)43(53(14,15)16)30-34(2)46(49)56(23,24)25)50-40(8)44(54(17,18)19)31-35(3)47(50)57(26,27)28/h29-32H,1-28H3. The molecule has 4 rings (SSSR count). The van der Waals surface area contributed by atoms with Crippen LogP contribution in [0.3, 0.4) is 0 Å². The van der Waals surface area contributed by atoms with E-state index in [1.165, 1.54) is 11.1 Å². The number of hydrogen-bond donors (Lipinski definition) is 0. The first kappa shape index (κ1) is 49.3. The first-order chi connectivity index (χ1) is 25.7. The monoisotopic (exact) mass is 897 g/mol. The second-order valence-corrected chi connectivity index (χ2v) is 59.5. The molecule has 58 heavy (non-hydrogen) atoms. The Labute approximate surface area is 367 Å². The smallest absolute Gasteiger partial charge is 0.0730 e. The molecule has 320 valence electrons. The SMILES string of the molecule is CC1=CC(C)([Si](c2c(C)c([Si](C)(C)C)cc(C)c2[Si](C)(C)C)(c2c(C)c([Si](C)(C)C)cc(C)c2[Si](C)(C)C)c2c(C)c([Si](C)(C)C)cc(C)c2[Si](C)(C)C)C(C)=C1C. The van der Waals surface area contributed by atoms with Gasteiger partial charge >= 0.3 is 0 Å². The molecule has 0 amide bonds. The second kappa shape index (κ2) is 15.2. The molecule has 0 bridgehead atoms. The lowest BCUT2D eigenvalue weighted by Crippen LogP contribution is -2.86. The largest absolute Gasteiger partial charge is 0.162 e. The van der Waals surface area contributed by atoms with Crippen molar-refractivity contribution in [1.29, 1.82) is 0 Å². The molecule has 1 unspecified atom stereocenters. The van der Waals surface area contributed by atoms with E-state index in [9.17, 15) is 0 Å². The molecule has 0 saturated carbocycles. The highest BCUT2D eigenvalue weighted by molar-refractivity contribution is 7.22. The summed E-state index contributed by atoms with van der Waals surface area (Å²) in [5.41, 5.74) is 14.4. The molecular formula is C51H88Si7. The van der Waals surface area contributed by atoms with E-state index >= 15 is 0 Å². The van der Waals surface area contributed by atoms with Crippen LogP contribution in [-0.2, 0) is 0 Å². The average Bonchev–Trinajstić information content (AvgIpc) is 3.20. The van der Waals surface area contributed by atoms with Crippen molar-refractivity contribution in [3.05, 3.63) is 74.4 Å². The molecular weight excluding hydrogens is 809 g/mol. The normalized spacial score (nSPS) is 17.8. The van der Waals surface area contributed by atoms with Crippen molar-refractivity contribution in [1.82, 2.24) is 0 Å². The summed E-state index contributed by atoms with van der Waals surface area (Å²) in [6.07, 6.45) is 2.88. The highest BCUT2D eigenvalue weighted by atomic mass is 28.3. The van der Waals surface area contributed by atoms with Crippen LogP contribution in [0.5, 0.6) is 0 Å². The fraction of sp³-hybridized carbons (Fsp3) is 0.569. The third-order valence-electron chi connectivity index (χ3n) is 14.4. The Morgan fingerprint density at radius 3 is 0.759 bits per heavy atom. The number of rotatable bonds is 10. The van der Waals surface area contributed by atoms with Crippen LogP contribution in [0.4, 0.5) is 0 Å².